The Morgan fingerprint density at radius 3 is 2.62 bits per heavy atom. The van der Waals surface area contributed by atoms with Gasteiger partial charge in [0.2, 0.25) is 11.6 Å². The Morgan fingerprint density at radius 2 is 2.25 bits per heavy atom. The van der Waals surface area contributed by atoms with Gasteiger partial charge in [-0.3, -0.25) is 0 Å². The van der Waals surface area contributed by atoms with E-state index in [1.54, 1.807) is 0 Å². The van der Waals surface area contributed by atoms with Crippen LogP contribution in [-0.4, -0.2) is 20.1 Å². The smallest absolute Gasteiger partial charge is 0.318 e. The molecule has 1 radical (unpaired) electrons. The van der Waals surface area contributed by atoms with Crippen LogP contribution in [0, 0.1) is 6.33 Å². The van der Waals surface area contributed by atoms with Crippen LogP contribution in [0.15, 0.2) is 0 Å². The fourth-order valence-electron chi connectivity index (χ4n) is 0.243. The van der Waals surface area contributed by atoms with E-state index < -0.39 is 6.01 Å². The summed E-state index contributed by atoms with van der Waals surface area (Å²) in [5.41, 5.74) is 0. The molecule has 0 bridgehead atoms. The lowest BCUT2D eigenvalue weighted by Crippen LogP contribution is -1.83. The third-order valence-electron chi connectivity index (χ3n) is 0.485. The van der Waals surface area contributed by atoms with Gasteiger partial charge in [0.1, 0.15) is 0 Å². The highest BCUT2D eigenvalue weighted by atomic mass is 35.5. The van der Waals surface area contributed by atoms with Gasteiger partial charge < -0.3 is 5.11 Å². The van der Waals surface area contributed by atoms with E-state index in [0.717, 1.165) is 0 Å². The fourth-order valence-corrected chi connectivity index (χ4v) is 0.357. The molecule has 0 spiro atoms. The number of nitrogens with zero attached hydrogens (tertiary/aromatic N) is 3. The molecular weight excluding hydrogens is 130 g/mol. The number of hydrogen-bond donors (Lipinski definition) is 1. The molecule has 0 aromatic carbocycles. The van der Waals surface area contributed by atoms with E-state index in [0.29, 0.717) is 0 Å². The van der Waals surface area contributed by atoms with Crippen LogP contribution < -0.4 is 0 Å². The first-order chi connectivity index (χ1) is 3.79. The van der Waals surface area contributed by atoms with Gasteiger partial charge in [-0.15, -0.1) is 0 Å². The monoisotopic (exact) mass is 130 g/mol. The lowest BCUT2D eigenvalue weighted by Gasteiger charge is -1.84. The number of rotatable bonds is 0. The van der Waals surface area contributed by atoms with Crippen LogP contribution in [0.5, 0.6) is 6.01 Å². The molecular formula is C3HClN3O. The second-order valence-electron chi connectivity index (χ2n) is 1.00. The second-order valence-corrected chi connectivity index (χ2v) is 1.34. The Morgan fingerprint density at radius 1 is 1.50 bits per heavy atom. The number of aromatic hydroxyl groups is 1. The molecule has 1 aromatic rings. The normalized spacial score (nSPS) is 9.12. The van der Waals surface area contributed by atoms with Crippen molar-refractivity contribution >= 4 is 11.6 Å². The summed E-state index contributed by atoms with van der Waals surface area (Å²) in [4.78, 5) is 9.70. The van der Waals surface area contributed by atoms with Crippen molar-refractivity contribution in [2.75, 3.05) is 0 Å². The van der Waals surface area contributed by atoms with Gasteiger partial charge in [-0.1, -0.05) is 0 Å². The summed E-state index contributed by atoms with van der Waals surface area (Å²) >= 11 is 5.19. The number of aromatic nitrogens is 3. The van der Waals surface area contributed by atoms with Crippen molar-refractivity contribution in [3.63, 3.8) is 0 Å². The maximum Gasteiger partial charge on any atom is 0.318 e. The van der Waals surface area contributed by atoms with Crippen molar-refractivity contribution < 1.29 is 5.11 Å². The zero-order chi connectivity index (χ0) is 5.98. The van der Waals surface area contributed by atoms with Crippen molar-refractivity contribution in [1.82, 2.24) is 15.0 Å². The first-order valence-electron chi connectivity index (χ1n) is 1.75. The SMILES string of the molecule is Oc1n[c]nc(Cl)n1. The van der Waals surface area contributed by atoms with Gasteiger partial charge in [0.15, 0.2) is 0 Å². The van der Waals surface area contributed by atoms with Crippen molar-refractivity contribution in [2.24, 2.45) is 0 Å². The predicted octanol–water partition coefficient (Wildman–Crippen LogP) is 0.0308. The molecule has 8 heavy (non-hydrogen) atoms. The Labute approximate surface area is 50.2 Å². The molecule has 1 rings (SSSR count). The number of hydrogen-bond acceptors (Lipinski definition) is 4. The summed E-state index contributed by atoms with van der Waals surface area (Å²) in [7, 11) is 0. The molecule has 1 N–H and O–H groups in total. The second kappa shape index (κ2) is 1.92. The Hall–Kier alpha value is -0.900. The first kappa shape index (κ1) is 5.24. The molecule has 1 heterocycles. The zero-order valence-electron chi connectivity index (χ0n) is 3.67. The van der Waals surface area contributed by atoms with Gasteiger partial charge >= 0.3 is 6.01 Å². The fraction of sp³-hybridized carbons (Fsp3) is 0. The highest BCUT2D eigenvalue weighted by Crippen LogP contribution is 1.99. The van der Waals surface area contributed by atoms with E-state index in [2.05, 4.69) is 21.3 Å². The van der Waals surface area contributed by atoms with Crippen LogP contribution in [0.25, 0.3) is 0 Å². The molecule has 5 heteroatoms. The standard InChI is InChI=1S/C3HClN3O/c4-2-5-1-6-3(8)7-2/h(H,5,6,7,8). The van der Waals surface area contributed by atoms with Crippen LogP contribution in [0.2, 0.25) is 5.28 Å². The van der Waals surface area contributed by atoms with Crippen molar-refractivity contribution in [3.05, 3.63) is 11.6 Å². The van der Waals surface area contributed by atoms with E-state index in [9.17, 15) is 0 Å². The summed E-state index contributed by atoms with van der Waals surface area (Å²) < 4.78 is 0. The minimum absolute atomic E-state index is 0.0579. The average molecular weight is 131 g/mol. The predicted molar refractivity (Wildman–Crippen MR) is 25.3 cm³/mol. The van der Waals surface area contributed by atoms with Crippen LogP contribution >= 0.6 is 11.6 Å². The minimum atomic E-state index is -0.412. The largest absolute Gasteiger partial charge is 0.479 e. The Bertz CT molecular complexity index is 174. The highest BCUT2D eigenvalue weighted by Gasteiger charge is 1.91. The van der Waals surface area contributed by atoms with E-state index in [1.165, 1.54) is 0 Å². The van der Waals surface area contributed by atoms with Crippen LogP contribution in [0.1, 0.15) is 0 Å². The summed E-state index contributed by atoms with van der Waals surface area (Å²) in [5, 5.41) is 8.38. The molecule has 0 atom stereocenters. The maximum absolute atomic E-state index is 8.44. The lowest BCUT2D eigenvalue weighted by atomic mass is 11.0. The van der Waals surface area contributed by atoms with Crippen molar-refractivity contribution in [2.45, 2.75) is 0 Å². The molecule has 0 aliphatic carbocycles. The molecule has 0 unspecified atom stereocenters. The zero-order valence-corrected chi connectivity index (χ0v) is 4.42. The molecule has 4 nitrogen and oxygen atoms in total. The molecule has 0 aliphatic heterocycles. The van der Waals surface area contributed by atoms with Crippen LogP contribution in [-0.2, 0) is 0 Å². The number of halogens is 1. The van der Waals surface area contributed by atoms with Gasteiger partial charge in [-0.05, 0) is 11.6 Å². The quantitative estimate of drug-likeness (QED) is 0.538. The van der Waals surface area contributed by atoms with Gasteiger partial charge in [-0.2, -0.15) is 15.0 Å². The van der Waals surface area contributed by atoms with Crippen molar-refractivity contribution in [1.29, 1.82) is 0 Å². The van der Waals surface area contributed by atoms with Gasteiger partial charge in [-0.25, -0.2) is 0 Å². The maximum atomic E-state index is 8.44. The highest BCUT2D eigenvalue weighted by molar-refractivity contribution is 6.28. The summed E-state index contributed by atoms with van der Waals surface area (Å²) in [6.45, 7) is 0. The molecule has 0 amide bonds. The average Bonchev–Trinajstić information content (AvgIpc) is 1.64. The molecule has 0 fully saturated rings. The van der Waals surface area contributed by atoms with Gasteiger partial charge in [0.05, 0.1) is 0 Å². The molecule has 0 saturated carbocycles. The lowest BCUT2D eigenvalue weighted by molar-refractivity contribution is 0.427. The summed E-state index contributed by atoms with van der Waals surface area (Å²) in [6, 6.07) is -0.412. The van der Waals surface area contributed by atoms with E-state index in [4.69, 9.17) is 16.7 Å². The first-order valence-corrected chi connectivity index (χ1v) is 2.13. The van der Waals surface area contributed by atoms with Gasteiger partial charge in [0.25, 0.3) is 0 Å². The molecule has 0 saturated heterocycles. The van der Waals surface area contributed by atoms with E-state index in [1.807, 2.05) is 0 Å². The third kappa shape index (κ3) is 1.04. The van der Waals surface area contributed by atoms with Crippen LogP contribution in [0.3, 0.4) is 0 Å². The van der Waals surface area contributed by atoms with Crippen molar-refractivity contribution in [3.8, 4) is 6.01 Å². The molecule has 0 aliphatic rings. The Kier molecular flexibility index (Phi) is 1.26. The van der Waals surface area contributed by atoms with E-state index >= 15 is 0 Å². The topological polar surface area (TPSA) is 58.9 Å². The van der Waals surface area contributed by atoms with Crippen LogP contribution in [0.4, 0.5) is 0 Å². The minimum Gasteiger partial charge on any atom is -0.479 e. The van der Waals surface area contributed by atoms with Gasteiger partial charge in [0, 0.05) is 0 Å². The molecule has 41 valence electrons. The summed E-state index contributed by atoms with van der Waals surface area (Å²) in [5.74, 6) is 0. The van der Waals surface area contributed by atoms with E-state index in [-0.39, 0.29) is 5.28 Å². The summed E-state index contributed by atoms with van der Waals surface area (Å²) in [6.07, 6.45) is 2.08. The third-order valence-corrected chi connectivity index (χ3v) is 0.654. The Balaban J connectivity index is 3.08. The molecule has 1 aromatic heterocycles.